The summed E-state index contributed by atoms with van der Waals surface area (Å²) in [4.78, 5) is 40.6. The summed E-state index contributed by atoms with van der Waals surface area (Å²) in [5.74, 6) is -1.00. The maximum Gasteiger partial charge on any atom is 0.342 e. The second kappa shape index (κ2) is 8.07. The minimum Gasteiger partial charge on any atom is -0.465 e. The lowest BCUT2D eigenvalue weighted by Crippen LogP contribution is -2.51. The number of aryl methyl sites for hydroxylation is 3. The van der Waals surface area contributed by atoms with Gasteiger partial charge in [0, 0.05) is 31.9 Å². The van der Waals surface area contributed by atoms with Crippen molar-refractivity contribution < 1.29 is 27.2 Å². The number of sulfonamides is 1. The van der Waals surface area contributed by atoms with Crippen LogP contribution in [0.1, 0.15) is 37.9 Å². The highest BCUT2D eigenvalue weighted by molar-refractivity contribution is 7.89. The zero-order chi connectivity index (χ0) is 22.2. The maximum absolute atomic E-state index is 13.2. The Morgan fingerprint density at radius 1 is 1.07 bits per heavy atom. The van der Waals surface area contributed by atoms with E-state index < -0.39 is 27.5 Å². The summed E-state index contributed by atoms with van der Waals surface area (Å²) < 4.78 is 37.7. The van der Waals surface area contributed by atoms with Crippen molar-refractivity contribution in [2.24, 2.45) is 0 Å². The number of nitrogens with zero attached hydrogens (tertiary/aromatic N) is 2. The molecule has 0 unspecified atom stereocenters. The normalized spacial score (nSPS) is 15.3. The van der Waals surface area contributed by atoms with Gasteiger partial charge < -0.3 is 19.0 Å². The summed E-state index contributed by atoms with van der Waals surface area (Å²) in [5, 5.41) is 0. The molecule has 0 spiro atoms. The number of piperazine rings is 1. The first-order valence-electron chi connectivity index (χ1n) is 9.25. The summed E-state index contributed by atoms with van der Waals surface area (Å²) in [6.07, 6.45) is 0. The molecule has 1 N–H and O–H groups in total. The van der Waals surface area contributed by atoms with Crippen LogP contribution in [0.2, 0.25) is 0 Å². The molecule has 3 heterocycles. The fourth-order valence-corrected chi connectivity index (χ4v) is 5.28. The van der Waals surface area contributed by atoms with Crippen LogP contribution in [-0.4, -0.2) is 67.8 Å². The number of furan rings is 1. The fraction of sp³-hybridized carbons (Fsp3) is 0.421. The van der Waals surface area contributed by atoms with Crippen LogP contribution in [0.4, 0.5) is 0 Å². The molecule has 1 aliphatic heterocycles. The Kier molecular flexibility index (Phi) is 5.86. The minimum atomic E-state index is -4.05. The van der Waals surface area contributed by atoms with E-state index in [0.29, 0.717) is 5.69 Å². The van der Waals surface area contributed by atoms with Gasteiger partial charge in [0.05, 0.1) is 7.11 Å². The summed E-state index contributed by atoms with van der Waals surface area (Å²) in [7, 11) is -2.89. The number of aromatic nitrogens is 1. The number of H-pyrrole nitrogens is 1. The number of pyridine rings is 1. The van der Waals surface area contributed by atoms with Crippen molar-refractivity contribution in [3.63, 3.8) is 0 Å². The standard InChI is InChI=1S/C19H23N3O7S/c1-11-5-6-14(17(23)20-11)18(24)21-7-9-22(10-8-21)30(26,27)16-13(3)29-12(2)15(16)19(25)28-4/h5-6H,7-10H2,1-4H3,(H,20,23). The molecule has 0 aromatic carbocycles. The Labute approximate surface area is 173 Å². The van der Waals surface area contributed by atoms with Gasteiger partial charge in [-0.2, -0.15) is 4.31 Å². The van der Waals surface area contributed by atoms with E-state index in [4.69, 9.17) is 9.15 Å². The van der Waals surface area contributed by atoms with Crippen LogP contribution < -0.4 is 5.56 Å². The molecular weight excluding hydrogens is 414 g/mol. The van der Waals surface area contributed by atoms with E-state index in [0.717, 1.165) is 7.11 Å². The summed E-state index contributed by atoms with van der Waals surface area (Å²) in [6, 6.07) is 3.09. The molecule has 1 aliphatic rings. The molecule has 30 heavy (non-hydrogen) atoms. The number of aromatic amines is 1. The van der Waals surface area contributed by atoms with Gasteiger partial charge in [-0.05, 0) is 32.9 Å². The monoisotopic (exact) mass is 437 g/mol. The number of carbonyl (C=O) groups is 2. The molecule has 2 aromatic heterocycles. The van der Waals surface area contributed by atoms with Crippen LogP contribution in [0.5, 0.6) is 0 Å². The smallest absolute Gasteiger partial charge is 0.342 e. The van der Waals surface area contributed by atoms with Crippen LogP contribution in [-0.2, 0) is 14.8 Å². The third-order valence-electron chi connectivity index (χ3n) is 5.00. The van der Waals surface area contributed by atoms with E-state index in [-0.39, 0.29) is 53.7 Å². The van der Waals surface area contributed by atoms with Crippen LogP contribution in [0, 0.1) is 20.8 Å². The molecule has 0 bridgehead atoms. The number of amides is 1. The van der Waals surface area contributed by atoms with Gasteiger partial charge in [0.2, 0.25) is 10.0 Å². The van der Waals surface area contributed by atoms with Gasteiger partial charge in [0.25, 0.3) is 11.5 Å². The Balaban J connectivity index is 1.82. The van der Waals surface area contributed by atoms with Crippen molar-refractivity contribution in [3.8, 4) is 0 Å². The molecule has 1 saturated heterocycles. The number of hydrogen-bond donors (Lipinski definition) is 1. The first kappa shape index (κ1) is 21.8. The number of hydrogen-bond acceptors (Lipinski definition) is 7. The number of nitrogens with one attached hydrogen (secondary N) is 1. The van der Waals surface area contributed by atoms with Gasteiger partial charge >= 0.3 is 5.97 Å². The first-order valence-corrected chi connectivity index (χ1v) is 10.7. The molecule has 1 amide bonds. The molecule has 0 radical (unpaired) electrons. The number of methoxy groups -OCH3 is 1. The van der Waals surface area contributed by atoms with Crippen LogP contribution in [0.3, 0.4) is 0 Å². The van der Waals surface area contributed by atoms with Gasteiger partial charge in [0.1, 0.15) is 27.5 Å². The zero-order valence-corrected chi connectivity index (χ0v) is 18.0. The summed E-state index contributed by atoms with van der Waals surface area (Å²) >= 11 is 0. The molecule has 2 aromatic rings. The lowest BCUT2D eigenvalue weighted by atomic mass is 10.2. The predicted octanol–water partition coefficient (Wildman–Crippen LogP) is 0.826. The summed E-state index contributed by atoms with van der Waals surface area (Å²) in [6.45, 7) is 4.92. The largest absolute Gasteiger partial charge is 0.465 e. The maximum atomic E-state index is 13.2. The van der Waals surface area contributed by atoms with Crippen molar-refractivity contribution in [2.75, 3.05) is 33.3 Å². The number of rotatable bonds is 4. The van der Waals surface area contributed by atoms with E-state index >= 15 is 0 Å². The van der Waals surface area contributed by atoms with Crippen molar-refractivity contribution in [2.45, 2.75) is 25.7 Å². The average Bonchev–Trinajstić information content (AvgIpc) is 3.01. The van der Waals surface area contributed by atoms with E-state index in [9.17, 15) is 22.8 Å². The molecule has 3 rings (SSSR count). The quantitative estimate of drug-likeness (QED) is 0.701. The Hall–Kier alpha value is -2.92. The van der Waals surface area contributed by atoms with Gasteiger partial charge in [0.15, 0.2) is 0 Å². The third kappa shape index (κ3) is 3.77. The van der Waals surface area contributed by atoms with Crippen molar-refractivity contribution in [1.82, 2.24) is 14.2 Å². The molecular formula is C19H23N3O7S. The lowest BCUT2D eigenvalue weighted by molar-refractivity contribution is 0.0594. The SMILES string of the molecule is COC(=O)c1c(C)oc(C)c1S(=O)(=O)N1CCN(C(=O)c2ccc(C)[nH]c2=O)CC1. The Morgan fingerprint density at radius 2 is 1.70 bits per heavy atom. The molecule has 0 saturated carbocycles. The van der Waals surface area contributed by atoms with Crippen molar-refractivity contribution >= 4 is 21.9 Å². The number of carbonyl (C=O) groups excluding carboxylic acids is 2. The average molecular weight is 437 g/mol. The first-order chi connectivity index (χ1) is 14.1. The van der Waals surface area contributed by atoms with Gasteiger partial charge in [-0.3, -0.25) is 9.59 Å². The van der Waals surface area contributed by atoms with Gasteiger partial charge in [-0.25, -0.2) is 13.2 Å². The van der Waals surface area contributed by atoms with Crippen LogP contribution in [0.25, 0.3) is 0 Å². The van der Waals surface area contributed by atoms with Gasteiger partial charge in [-0.1, -0.05) is 0 Å². The van der Waals surface area contributed by atoms with E-state index in [1.54, 1.807) is 13.0 Å². The summed E-state index contributed by atoms with van der Waals surface area (Å²) in [5.41, 5.74) is 0.0350. The second-order valence-corrected chi connectivity index (χ2v) is 8.87. The van der Waals surface area contributed by atoms with Crippen molar-refractivity contribution in [1.29, 1.82) is 0 Å². The predicted molar refractivity (Wildman–Crippen MR) is 106 cm³/mol. The third-order valence-corrected chi connectivity index (χ3v) is 7.06. The van der Waals surface area contributed by atoms with E-state index in [2.05, 4.69) is 4.98 Å². The highest BCUT2D eigenvalue weighted by atomic mass is 32.2. The Morgan fingerprint density at radius 3 is 2.27 bits per heavy atom. The van der Waals surface area contributed by atoms with Crippen LogP contribution >= 0.6 is 0 Å². The van der Waals surface area contributed by atoms with Gasteiger partial charge in [-0.15, -0.1) is 0 Å². The molecule has 11 heteroatoms. The molecule has 1 fully saturated rings. The Bertz CT molecular complexity index is 1160. The fourth-order valence-electron chi connectivity index (χ4n) is 3.48. The van der Waals surface area contributed by atoms with E-state index in [1.807, 2.05) is 0 Å². The molecule has 0 aliphatic carbocycles. The minimum absolute atomic E-state index is 0.00573. The highest BCUT2D eigenvalue weighted by Crippen LogP contribution is 2.30. The number of esters is 1. The van der Waals surface area contributed by atoms with Crippen molar-refractivity contribution in [3.05, 3.63) is 50.8 Å². The topological polar surface area (TPSA) is 130 Å². The zero-order valence-electron chi connectivity index (χ0n) is 17.1. The highest BCUT2D eigenvalue weighted by Gasteiger charge is 2.37. The molecule has 0 atom stereocenters. The molecule has 162 valence electrons. The second-order valence-electron chi connectivity index (χ2n) is 6.99. The lowest BCUT2D eigenvalue weighted by Gasteiger charge is -2.33. The van der Waals surface area contributed by atoms with Crippen LogP contribution in [0.15, 0.2) is 26.2 Å². The van der Waals surface area contributed by atoms with E-state index in [1.165, 1.54) is 29.1 Å². The molecule has 10 nitrogen and oxygen atoms in total. The number of ether oxygens (including phenoxy) is 1.